The highest BCUT2D eigenvalue weighted by Crippen LogP contribution is 2.27. The van der Waals surface area contributed by atoms with E-state index in [9.17, 15) is 0 Å². The van der Waals surface area contributed by atoms with Gasteiger partial charge in [-0.1, -0.05) is 13.8 Å². The van der Waals surface area contributed by atoms with E-state index in [1.54, 1.807) is 6.20 Å². The molecule has 2 rings (SSSR count). The van der Waals surface area contributed by atoms with E-state index in [4.69, 9.17) is 5.73 Å². The predicted octanol–water partition coefficient (Wildman–Crippen LogP) is 2.50. The van der Waals surface area contributed by atoms with Crippen molar-refractivity contribution in [3.63, 3.8) is 0 Å². The van der Waals surface area contributed by atoms with Gasteiger partial charge in [-0.3, -0.25) is 4.68 Å². The molecule has 0 saturated carbocycles. The minimum Gasteiger partial charge on any atom is -0.383 e. The molecule has 0 aromatic carbocycles. The highest BCUT2D eigenvalue weighted by Gasteiger charge is 2.16. The zero-order valence-electron chi connectivity index (χ0n) is 10.9. The second-order valence-corrected chi connectivity index (χ2v) is 5.63. The van der Waals surface area contributed by atoms with E-state index in [2.05, 4.69) is 51.5 Å². The van der Waals surface area contributed by atoms with Crippen molar-refractivity contribution < 1.29 is 0 Å². The van der Waals surface area contributed by atoms with Gasteiger partial charge in [-0.25, -0.2) is 9.97 Å². The lowest BCUT2D eigenvalue weighted by Gasteiger charge is -2.11. The molecule has 18 heavy (non-hydrogen) atoms. The first-order valence-corrected chi connectivity index (χ1v) is 6.81. The van der Waals surface area contributed by atoms with Gasteiger partial charge in [0.2, 0.25) is 0 Å². The van der Waals surface area contributed by atoms with E-state index >= 15 is 0 Å². The summed E-state index contributed by atoms with van der Waals surface area (Å²) in [4.78, 5) is 8.99. The third-order valence-electron chi connectivity index (χ3n) is 2.93. The summed E-state index contributed by atoms with van der Waals surface area (Å²) in [6.07, 6.45) is 1.78. The van der Waals surface area contributed by atoms with Gasteiger partial charge in [0.25, 0.3) is 0 Å². The zero-order chi connectivity index (χ0) is 13.4. The number of nitrogens with two attached hydrogens (primary N) is 1. The molecule has 2 N–H and O–H groups in total. The summed E-state index contributed by atoms with van der Waals surface area (Å²) in [5, 5.41) is 4.21. The number of anilines is 1. The second kappa shape index (κ2) is 4.83. The molecule has 0 aliphatic rings. The number of aromatic nitrogens is 4. The van der Waals surface area contributed by atoms with E-state index in [0.29, 0.717) is 17.6 Å². The molecule has 0 aliphatic heterocycles. The van der Waals surface area contributed by atoms with Crippen molar-refractivity contribution in [1.29, 1.82) is 0 Å². The van der Waals surface area contributed by atoms with E-state index < -0.39 is 0 Å². The van der Waals surface area contributed by atoms with Crippen LogP contribution in [0.2, 0.25) is 0 Å². The molecule has 0 radical (unpaired) electrons. The van der Waals surface area contributed by atoms with Crippen LogP contribution in [0.15, 0.2) is 6.20 Å². The fourth-order valence-electron chi connectivity index (χ4n) is 1.70. The summed E-state index contributed by atoms with van der Waals surface area (Å²) in [6.45, 7) is 6.20. The van der Waals surface area contributed by atoms with Gasteiger partial charge in [0.05, 0.1) is 21.0 Å². The molecular weight excluding hydrogens is 341 g/mol. The Hall–Kier alpha value is -1.18. The smallest absolute Gasteiger partial charge is 0.165 e. The molecule has 0 atom stereocenters. The van der Waals surface area contributed by atoms with Crippen LogP contribution in [-0.4, -0.2) is 19.7 Å². The second-order valence-electron chi connectivity index (χ2n) is 4.55. The molecule has 2 aromatic heterocycles. The minimum absolute atomic E-state index is 0.318. The lowest BCUT2D eigenvalue weighted by molar-refractivity contribution is 0.740. The van der Waals surface area contributed by atoms with Crippen molar-refractivity contribution in [3.05, 3.63) is 21.2 Å². The lowest BCUT2D eigenvalue weighted by atomic mass is 10.1. The van der Waals surface area contributed by atoms with Gasteiger partial charge in [0, 0.05) is 12.7 Å². The Morgan fingerprint density at radius 1 is 1.33 bits per heavy atom. The van der Waals surface area contributed by atoms with Crippen LogP contribution >= 0.6 is 22.6 Å². The Labute approximate surface area is 120 Å². The fraction of sp³-hybridized carbons (Fsp3) is 0.417. The van der Waals surface area contributed by atoms with Crippen molar-refractivity contribution in [2.24, 2.45) is 7.05 Å². The third-order valence-corrected chi connectivity index (χ3v) is 4.03. The molecule has 96 valence electrons. The van der Waals surface area contributed by atoms with E-state index in [0.717, 1.165) is 20.5 Å². The summed E-state index contributed by atoms with van der Waals surface area (Å²) in [7, 11) is 1.90. The van der Waals surface area contributed by atoms with Crippen molar-refractivity contribution in [2.75, 3.05) is 5.73 Å². The Kier molecular flexibility index (Phi) is 3.56. The molecule has 0 bridgehead atoms. The van der Waals surface area contributed by atoms with E-state index in [1.165, 1.54) is 0 Å². The number of aryl methyl sites for hydroxylation is 1. The first kappa shape index (κ1) is 13.3. The van der Waals surface area contributed by atoms with Crippen LogP contribution in [0.3, 0.4) is 0 Å². The predicted molar refractivity (Wildman–Crippen MR) is 80.2 cm³/mol. The molecule has 0 fully saturated rings. The zero-order valence-corrected chi connectivity index (χ0v) is 13.1. The number of nitrogens with zero attached hydrogens (tertiary/aromatic N) is 4. The summed E-state index contributed by atoms with van der Waals surface area (Å²) < 4.78 is 2.75. The standard InChI is InChI=1S/C12H16IN5/c1-6(2)10-9(13)11(14)17-12(16-10)8-5-15-18(4)7(8)3/h5-6H,1-4H3,(H2,14,16,17). The highest BCUT2D eigenvalue weighted by atomic mass is 127. The fourth-order valence-corrected chi connectivity index (χ4v) is 2.57. The monoisotopic (exact) mass is 357 g/mol. The summed E-state index contributed by atoms with van der Waals surface area (Å²) in [5.41, 5.74) is 8.92. The normalized spacial score (nSPS) is 11.2. The Morgan fingerprint density at radius 2 is 2.00 bits per heavy atom. The highest BCUT2D eigenvalue weighted by molar-refractivity contribution is 14.1. The van der Waals surface area contributed by atoms with E-state index in [1.807, 2.05) is 18.7 Å². The van der Waals surface area contributed by atoms with Crippen LogP contribution < -0.4 is 5.73 Å². The molecule has 0 unspecified atom stereocenters. The Bertz CT molecular complexity index is 588. The maximum Gasteiger partial charge on any atom is 0.165 e. The molecule has 5 nitrogen and oxygen atoms in total. The van der Waals surface area contributed by atoms with Crippen molar-refractivity contribution >= 4 is 28.4 Å². The Morgan fingerprint density at radius 3 is 2.50 bits per heavy atom. The van der Waals surface area contributed by atoms with Crippen molar-refractivity contribution in [3.8, 4) is 11.4 Å². The molecule has 0 amide bonds. The van der Waals surface area contributed by atoms with Crippen LogP contribution in [0.25, 0.3) is 11.4 Å². The maximum absolute atomic E-state index is 5.97. The number of rotatable bonds is 2. The summed E-state index contributed by atoms with van der Waals surface area (Å²) >= 11 is 2.20. The lowest BCUT2D eigenvalue weighted by Crippen LogP contribution is -2.06. The largest absolute Gasteiger partial charge is 0.383 e. The summed E-state index contributed by atoms with van der Waals surface area (Å²) in [6, 6.07) is 0. The molecule has 0 saturated heterocycles. The average molecular weight is 357 g/mol. The SMILES string of the molecule is Cc1c(-c2nc(N)c(I)c(C(C)C)n2)cnn1C. The van der Waals surface area contributed by atoms with Gasteiger partial charge >= 0.3 is 0 Å². The number of nitrogen functional groups attached to an aromatic ring is 1. The van der Waals surface area contributed by atoms with Crippen molar-refractivity contribution in [2.45, 2.75) is 26.7 Å². The third kappa shape index (κ3) is 2.21. The molecule has 2 aromatic rings. The van der Waals surface area contributed by atoms with E-state index in [-0.39, 0.29) is 0 Å². The maximum atomic E-state index is 5.97. The van der Waals surface area contributed by atoms with Gasteiger partial charge in [-0.05, 0) is 35.4 Å². The van der Waals surface area contributed by atoms with Gasteiger partial charge < -0.3 is 5.73 Å². The quantitative estimate of drug-likeness (QED) is 0.839. The molecule has 0 aliphatic carbocycles. The topological polar surface area (TPSA) is 69.6 Å². The van der Waals surface area contributed by atoms with Gasteiger partial charge in [-0.15, -0.1) is 0 Å². The van der Waals surface area contributed by atoms with Crippen LogP contribution in [-0.2, 0) is 7.05 Å². The molecule has 2 heterocycles. The first-order chi connectivity index (χ1) is 8.41. The molecular formula is C12H16IN5. The molecule has 0 spiro atoms. The van der Waals surface area contributed by atoms with Crippen LogP contribution in [0, 0.1) is 10.5 Å². The van der Waals surface area contributed by atoms with Gasteiger partial charge in [-0.2, -0.15) is 5.10 Å². The average Bonchev–Trinajstić information content (AvgIpc) is 2.63. The van der Waals surface area contributed by atoms with Crippen LogP contribution in [0.5, 0.6) is 0 Å². The first-order valence-electron chi connectivity index (χ1n) is 5.73. The Balaban J connectivity index is 2.63. The molecule has 6 heteroatoms. The van der Waals surface area contributed by atoms with Crippen molar-refractivity contribution in [1.82, 2.24) is 19.7 Å². The number of hydrogen-bond acceptors (Lipinski definition) is 4. The van der Waals surface area contributed by atoms with Gasteiger partial charge in [0.15, 0.2) is 5.82 Å². The van der Waals surface area contributed by atoms with Gasteiger partial charge in [0.1, 0.15) is 5.82 Å². The minimum atomic E-state index is 0.318. The number of hydrogen-bond donors (Lipinski definition) is 1. The summed E-state index contributed by atoms with van der Waals surface area (Å²) in [5.74, 6) is 1.51. The number of halogens is 1. The van der Waals surface area contributed by atoms with Crippen LogP contribution in [0.4, 0.5) is 5.82 Å². The van der Waals surface area contributed by atoms with Crippen LogP contribution in [0.1, 0.15) is 31.2 Å².